The molecule has 178 valence electrons. The number of imide groups is 1. The van der Waals surface area contributed by atoms with Gasteiger partial charge in [0.05, 0.1) is 29.7 Å². The van der Waals surface area contributed by atoms with Gasteiger partial charge in [0.25, 0.3) is 0 Å². The Hall–Kier alpha value is -3.17. The zero-order valence-electron chi connectivity index (χ0n) is 19.4. The number of nitrogens with one attached hydrogen (secondary N) is 2. The van der Waals surface area contributed by atoms with Gasteiger partial charge in [-0.05, 0) is 51.8 Å². The number of aromatic nitrogens is 2. The number of hydrogen-bond acceptors (Lipinski definition) is 6. The minimum absolute atomic E-state index is 0.0276. The lowest BCUT2D eigenvalue weighted by atomic mass is 9.93. The van der Waals surface area contributed by atoms with Crippen molar-refractivity contribution in [3.05, 3.63) is 23.9 Å². The van der Waals surface area contributed by atoms with Crippen molar-refractivity contribution in [3.63, 3.8) is 0 Å². The van der Waals surface area contributed by atoms with E-state index in [2.05, 4.69) is 15.7 Å². The van der Waals surface area contributed by atoms with Gasteiger partial charge in [0.15, 0.2) is 0 Å². The van der Waals surface area contributed by atoms with Gasteiger partial charge in [-0.1, -0.05) is 0 Å². The van der Waals surface area contributed by atoms with Gasteiger partial charge < -0.3 is 15.0 Å². The maximum absolute atomic E-state index is 14.9. The van der Waals surface area contributed by atoms with E-state index in [-0.39, 0.29) is 24.8 Å². The highest BCUT2D eigenvalue weighted by Gasteiger charge is 2.34. The highest BCUT2D eigenvalue weighted by Crippen LogP contribution is 2.32. The number of benzene rings is 1. The van der Waals surface area contributed by atoms with E-state index < -0.39 is 29.8 Å². The molecule has 1 aromatic heterocycles. The molecule has 1 aromatic carbocycles. The van der Waals surface area contributed by atoms with Crippen LogP contribution in [0.25, 0.3) is 10.9 Å². The second-order valence-corrected chi connectivity index (χ2v) is 9.73. The van der Waals surface area contributed by atoms with Crippen molar-refractivity contribution in [1.82, 2.24) is 20.0 Å². The average molecular weight is 460 g/mol. The number of ether oxygens (including phenoxy) is 1. The van der Waals surface area contributed by atoms with Crippen LogP contribution < -0.4 is 10.6 Å². The average Bonchev–Trinajstić information content (AvgIpc) is 3.04. The van der Waals surface area contributed by atoms with Crippen molar-refractivity contribution in [3.8, 4) is 0 Å². The molecule has 2 N–H and O–H groups in total. The summed E-state index contributed by atoms with van der Waals surface area (Å²) < 4.78 is 21.9. The molecule has 0 bridgehead atoms. The number of fused-ring (bicyclic) bond motifs is 1. The summed E-state index contributed by atoms with van der Waals surface area (Å²) >= 11 is 0. The third kappa shape index (κ3) is 4.94. The summed E-state index contributed by atoms with van der Waals surface area (Å²) in [5, 5.41) is 11.0. The van der Waals surface area contributed by atoms with Crippen LogP contribution in [0.15, 0.2) is 18.2 Å². The maximum Gasteiger partial charge on any atom is 0.410 e. The van der Waals surface area contributed by atoms with Crippen molar-refractivity contribution in [2.75, 3.05) is 18.4 Å². The zero-order chi connectivity index (χ0) is 23.9. The predicted octanol–water partition coefficient (Wildman–Crippen LogP) is 2.85. The summed E-state index contributed by atoms with van der Waals surface area (Å²) in [6.07, 6.45) is -0.580. The third-order valence-electron chi connectivity index (χ3n) is 5.99. The SMILES string of the molecule is Cn1nc(C2CCC(=O)NC2=O)c2ccc(N[C@@H]3CCN(C(=O)OC(C)(C)C)C[C@H]3F)cc21. The lowest BCUT2D eigenvalue weighted by molar-refractivity contribution is -0.134. The van der Waals surface area contributed by atoms with E-state index in [0.29, 0.717) is 25.1 Å². The first-order chi connectivity index (χ1) is 15.5. The van der Waals surface area contributed by atoms with Crippen LogP contribution >= 0.6 is 0 Å². The van der Waals surface area contributed by atoms with E-state index in [1.54, 1.807) is 32.5 Å². The Labute approximate surface area is 191 Å². The van der Waals surface area contributed by atoms with Gasteiger partial charge in [0.1, 0.15) is 11.8 Å². The number of carbonyl (C=O) groups excluding carboxylic acids is 3. The Morgan fingerprint density at radius 3 is 2.70 bits per heavy atom. The second-order valence-electron chi connectivity index (χ2n) is 9.73. The maximum atomic E-state index is 14.9. The summed E-state index contributed by atoms with van der Waals surface area (Å²) in [6, 6.07) is 5.15. The number of piperidine rings is 2. The van der Waals surface area contributed by atoms with E-state index in [1.165, 1.54) is 4.90 Å². The molecule has 2 aliphatic rings. The zero-order valence-corrected chi connectivity index (χ0v) is 19.4. The Kier molecular flexibility index (Phi) is 6.02. The van der Waals surface area contributed by atoms with Gasteiger partial charge in [-0.3, -0.25) is 19.6 Å². The molecule has 3 heterocycles. The normalized spacial score (nSPS) is 24.0. The second kappa shape index (κ2) is 8.64. The lowest BCUT2D eigenvalue weighted by Gasteiger charge is -2.36. The van der Waals surface area contributed by atoms with Crippen LogP contribution in [0, 0.1) is 0 Å². The molecule has 10 heteroatoms. The van der Waals surface area contributed by atoms with Gasteiger partial charge in [0.2, 0.25) is 11.8 Å². The summed E-state index contributed by atoms with van der Waals surface area (Å²) in [4.78, 5) is 37.4. The first kappa shape index (κ1) is 23.0. The van der Waals surface area contributed by atoms with E-state index in [4.69, 9.17) is 4.74 Å². The number of halogens is 1. The molecule has 2 aromatic rings. The van der Waals surface area contributed by atoms with E-state index in [0.717, 1.165) is 16.6 Å². The first-order valence-corrected chi connectivity index (χ1v) is 11.2. The highest BCUT2D eigenvalue weighted by atomic mass is 19.1. The number of anilines is 1. The van der Waals surface area contributed by atoms with Crippen molar-refractivity contribution < 1.29 is 23.5 Å². The van der Waals surface area contributed by atoms with Crippen LogP contribution in [0.3, 0.4) is 0 Å². The van der Waals surface area contributed by atoms with Crippen LogP contribution in [0.2, 0.25) is 0 Å². The molecule has 4 rings (SSSR count). The standard InChI is InChI=1S/C23H30FN5O4/c1-23(2,3)33-22(32)29-10-9-17(16(24)12-29)25-13-5-6-14-18(11-13)28(4)27-20(14)15-7-8-19(30)26-21(15)31/h5-6,11,15-17,25H,7-10,12H2,1-4H3,(H,26,30,31)/t15?,16-,17-/m1/s1. The van der Waals surface area contributed by atoms with E-state index >= 15 is 0 Å². The molecule has 0 radical (unpaired) electrons. The highest BCUT2D eigenvalue weighted by molar-refractivity contribution is 6.02. The smallest absolute Gasteiger partial charge is 0.410 e. The van der Waals surface area contributed by atoms with Crippen molar-refractivity contribution in [2.45, 2.75) is 63.8 Å². The van der Waals surface area contributed by atoms with Crippen molar-refractivity contribution in [2.24, 2.45) is 7.05 Å². The van der Waals surface area contributed by atoms with Crippen LogP contribution in [0.4, 0.5) is 14.9 Å². The quantitative estimate of drug-likeness (QED) is 0.684. The van der Waals surface area contributed by atoms with Crippen molar-refractivity contribution in [1.29, 1.82) is 0 Å². The molecule has 1 unspecified atom stereocenters. The molecule has 3 amide bonds. The molecule has 0 saturated carbocycles. The molecule has 0 aliphatic carbocycles. The Bertz CT molecular complexity index is 1090. The van der Waals surface area contributed by atoms with Gasteiger partial charge in [-0.25, -0.2) is 9.18 Å². The van der Waals surface area contributed by atoms with Gasteiger partial charge in [-0.2, -0.15) is 5.10 Å². The van der Waals surface area contributed by atoms with Gasteiger partial charge in [-0.15, -0.1) is 0 Å². The first-order valence-electron chi connectivity index (χ1n) is 11.2. The number of likely N-dealkylation sites (tertiary alicyclic amines) is 1. The molecule has 2 aliphatic heterocycles. The molecule has 3 atom stereocenters. The molecular formula is C23H30FN5O4. The Balaban J connectivity index is 1.46. The minimum atomic E-state index is -1.24. The molecule has 2 fully saturated rings. The Morgan fingerprint density at radius 1 is 1.27 bits per heavy atom. The van der Waals surface area contributed by atoms with Gasteiger partial charge >= 0.3 is 6.09 Å². The molecule has 33 heavy (non-hydrogen) atoms. The monoisotopic (exact) mass is 459 g/mol. The molecule has 9 nitrogen and oxygen atoms in total. The van der Waals surface area contributed by atoms with Gasteiger partial charge in [0, 0.05) is 31.1 Å². The topological polar surface area (TPSA) is 106 Å². The number of nitrogens with zero attached hydrogens (tertiary/aromatic N) is 3. The number of amides is 3. The fourth-order valence-corrected chi connectivity index (χ4v) is 4.36. The third-order valence-corrected chi connectivity index (χ3v) is 5.99. The lowest BCUT2D eigenvalue weighted by Crippen LogP contribution is -2.51. The van der Waals surface area contributed by atoms with Crippen LogP contribution in [0.1, 0.15) is 51.6 Å². The number of hydrogen-bond donors (Lipinski definition) is 2. The number of rotatable bonds is 3. The largest absolute Gasteiger partial charge is 0.444 e. The number of carbonyl (C=O) groups is 3. The van der Waals surface area contributed by atoms with E-state index in [1.807, 2.05) is 18.2 Å². The summed E-state index contributed by atoms with van der Waals surface area (Å²) in [5.74, 6) is -1.07. The molecular weight excluding hydrogens is 429 g/mol. The fraction of sp³-hybridized carbons (Fsp3) is 0.565. The van der Waals surface area contributed by atoms with Crippen LogP contribution in [-0.4, -0.2) is 63.5 Å². The summed E-state index contributed by atoms with van der Waals surface area (Å²) in [7, 11) is 1.79. The molecule has 2 saturated heterocycles. The summed E-state index contributed by atoms with van der Waals surface area (Å²) in [6.45, 7) is 5.73. The predicted molar refractivity (Wildman–Crippen MR) is 121 cm³/mol. The van der Waals surface area contributed by atoms with Crippen molar-refractivity contribution >= 4 is 34.5 Å². The number of aryl methyl sites for hydroxylation is 1. The molecule has 0 spiro atoms. The van der Waals surface area contributed by atoms with Crippen LogP contribution in [-0.2, 0) is 21.4 Å². The minimum Gasteiger partial charge on any atom is -0.444 e. The number of alkyl halides is 1. The van der Waals surface area contributed by atoms with Crippen LogP contribution in [0.5, 0.6) is 0 Å². The Morgan fingerprint density at radius 2 is 2.03 bits per heavy atom. The summed E-state index contributed by atoms with van der Waals surface area (Å²) in [5.41, 5.74) is 1.56. The van der Waals surface area contributed by atoms with E-state index in [9.17, 15) is 18.8 Å². The fourth-order valence-electron chi connectivity index (χ4n) is 4.36.